The Balaban J connectivity index is 2.35. The van der Waals surface area contributed by atoms with Crippen molar-refractivity contribution in [2.45, 2.75) is 66.5 Å². The number of amides is 1. The van der Waals surface area contributed by atoms with E-state index in [4.69, 9.17) is 4.74 Å². The van der Waals surface area contributed by atoms with Gasteiger partial charge in [-0.2, -0.15) is 5.10 Å². The molecule has 0 aliphatic carbocycles. The van der Waals surface area contributed by atoms with E-state index in [1.807, 2.05) is 32.4 Å². The van der Waals surface area contributed by atoms with Gasteiger partial charge in [0.2, 0.25) is 0 Å². The van der Waals surface area contributed by atoms with Crippen LogP contribution >= 0.6 is 0 Å². The summed E-state index contributed by atoms with van der Waals surface area (Å²) in [6, 6.07) is 0.350. The monoisotopic (exact) mass is 310 g/mol. The minimum atomic E-state index is -0.456. The van der Waals surface area contributed by atoms with E-state index in [1.165, 1.54) is 0 Å². The second-order valence-corrected chi connectivity index (χ2v) is 6.79. The maximum atomic E-state index is 11.5. The highest BCUT2D eigenvalue weighted by Crippen LogP contribution is 2.22. The van der Waals surface area contributed by atoms with E-state index in [1.54, 1.807) is 0 Å². The SMILES string of the molecule is Cc1nn(C(C)C)c(C)c1NCCCNC(=O)OC(C)(C)C. The number of carbonyl (C=O) groups excluding carboxylic acids is 1. The van der Waals surface area contributed by atoms with Gasteiger partial charge in [0.05, 0.1) is 17.1 Å². The van der Waals surface area contributed by atoms with Crippen molar-refractivity contribution in [1.82, 2.24) is 15.1 Å². The standard InChI is InChI=1S/C16H30N4O2/c1-11(2)20-13(4)14(12(3)19-20)17-9-8-10-18-15(21)22-16(5,6)7/h11,17H,8-10H2,1-7H3,(H,18,21). The largest absolute Gasteiger partial charge is 0.444 e. The summed E-state index contributed by atoms with van der Waals surface area (Å²) in [5, 5.41) is 10.7. The molecule has 6 nitrogen and oxygen atoms in total. The lowest BCUT2D eigenvalue weighted by molar-refractivity contribution is 0.0528. The molecular weight excluding hydrogens is 280 g/mol. The molecule has 126 valence electrons. The van der Waals surface area contributed by atoms with Crippen molar-refractivity contribution < 1.29 is 9.53 Å². The highest BCUT2D eigenvalue weighted by atomic mass is 16.6. The quantitative estimate of drug-likeness (QED) is 0.790. The molecule has 0 atom stereocenters. The molecule has 1 heterocycles. The lowest BCUT2D eigenvalue weighted by Crippen LogP contribution is -2.33. The van der Waals surface area contributed by atoms with Crippen LogP contribution in [-0.4, -0.2) is 34.6 Å². The number of aromatic nitrogens is 2. The van der Waals surface area contributed by atoms with Crippen molar-refractivity contribution >= 4 is 11.8 Å². The van der Waals surface area contributed by atoms with Gasteiger partial charge in [0.15, 0.2) is 0 Å². The first-order valence-electron chi connectivity index (χ1n) is 7.88. The summed E-state index contributed by atoms with van der Waals surface area (Å²) in [4.78, 5) is 11.5. The zero-order valence-electron chi connectivity index (χ0n) is 14.9. The van der Waals surface area contributed by atoms with Gasteiger partial charge in [-0.1, -0.05) is 0 Å². The molecule has 0 saturated carbocycles. The van der Waals surface area contributed by atoms with Crippen molar-refractivity contribution in [3.63, 3.8) is 0 Å². The summed E-state index contributed by atoms with van der Waals surface area (Å²) in [6.07, 6.45) is 0.456. The number of anilines is 1. The van der Waals surface area contributed by atoms with Gasteiger partial charge in [-0.3, -0.25) is 4.68 Å². The molecule has 0 unspecified atom stereocenters. The third-order valence-electron chi connectivity index (χ3n) is 3.14. The molecule has 0 aromatic carbocycles. The maximum Gasteiger partial charge on any atom is 0.407 e. The van der Waals surface area contributed by atoms with Crippen LogP contribution in [0.2, 0.25) is 0 Å². The Kier molecular flexibility index (Phi) is 6.26. The Hall–Kier alpha value is -1.72. The second kappa shape index (κ2) is 7.51. The summed E-state index contributed by atoms with van der Waals surface area (Å²) in [5.74, 6) is 0. The number of hydrogen-bond acceptors (Lipinski definition) is 4. The molecular formula is C16H30N4O2. The third-order valence-corrected chi connectivity index (χ3v) is 3.14. The molecule has 0 radical (unpaired) electrons. The number of rotatable bonds is 6. The van der Waals surface area contributed by atoms with Gasteiger partial charge in [-0.05, 0) is 54.9 Å². The molecule has 0 spiro atoms. The number of carbonyl (C=O) groups is 1. The van der Waals surface area contributed by atoms with E-state index in [9.17, 15) is 4.79 Å². The van der Waals surface area contributed by atoms with Gasteiger partial charge in [-0.15, -0.1) is 0 Å². The van der Waals surface area contributed by atoms with Crippen molar-refractivity contribution in [3.8, 4) is 0 Å². The van der Waals surface area contributed by atoms with Gasteiger partial charge in [-0.25, -0.2) is 4.79 Å². The molecule has 0 aliphatic rings. The van der Waals surface area contributed by atoms with Crippen molar-refractivity contribution in [2.24, 2.45) is 0 Å². The van der Waals surface area contributed by atoms with Gasteiger partial charge in [0.1, 0.15) is 5.60 Å². The molecule has 6 heteroatoms. The van der Waals surface area contributed by atoms with E-state index >= 15 is 0 Å². The fourth-order valence-corrected chi connectivity index (χ4v) is 2.23. The van der Waals surface area contributed by atoms with Gasteiger partial charge < -0.3 is 15.4 Å². The van der Waals surface area contributed by atoms with Crippen LogP contribution in [0.15, 0.2) is 0 Å². The van der Waals surface area contributed by atoms with Gasteiger partial charge in [0.25, 0.3) is 0 Å². The van der Waals surface area contributed by atoms with Gasteiger partial charge in [0, 0.05) is 19.1 Å². The number of nitrogens with zero attached hydrogens (tertiary/aromatic N) is 2. The number of nitrogens with one attached hydrogen (secondary N) is 2. The third kappa shape index (κ3) is 5.58. The maximum absolute atomic E-state index is 11.5. The molecule has 1 aromatic rings. The fourth-order valence-electron chi connectivity index (χ4n) is 2.23. The first kappa shape index (κ1) is 18.3. The average Bonchev–Trinajstić information content (AvgIpc) is 2.63. The van der Waals surface area contributed by atoms with E-state index in [2.05, 4.69) is 36.5 Å². The van der Waals surface area contributed by atoms with Crippen LogP contribution in [0.1, 0.15) is 58.5 Å². The summed E-state index contributed by atoms with van der Waals surface area (Å²) in [6.45, 7) is 15.2. The van der Waals surface area contributed by atoms with Crippen molar-refractivity contribution in [1.29, 1.82) is 0 Å². The smallest absolute Gasteiger partial charge is 0.407 e. The molecule has 0 bridgehead atoms. The summed E-state index contributed by atoms with van der Waals surface area (Å²) in [7, 11) is 0. The highest BCUT2D eigenvalue weighted by Gasteiger charge is 2.15. The molecule has 2 N–H and O–H groups in total. The Labute approximate surface area is 133 Å². The zero-order valence-corrected chi connectivity index (χ0v) is 14.9. The Morgan fingerprint density at radius 2 is 1.91 bits per heavy atom. The fraction of sp³-hybridized carbons (Fsp3) is 0.750. The first-order chi connectivity index (χ1) is 10.1. The predicted octanol–water partition coefficient (Wildman–Crippen LogP) is 3.41. The summed E-state index contributed by atoms with van der Waals surface area (Å²) >= 11 is 0. The average molecular weight is 310 g/mol. The Morgan fingerprint density at radius 3 is 2.41 bits per heavy atom. The predicted molar refractivity (Wildman–Crippen MR) is 89.4 cm³/mol. The normalized spacial score (nSPS) is 11.6. The molecule has 0 aliphatic heterocycles. The number of ether oxygens (including phenoxy) is 1. The molecule has 1 rings (SSSR count). The van der Waals surface area contributed by atoms with E-state index in [-0.39, 0.29) is 6.09 Å². The Bertz CT molecular complexity index is 501. The van der Waals surface area contributed by atoms with Crippen LogP contribution in [0, 0.1) is 13.8 Å². The van der Waals surface area contributed by atoms with Crippen LogP contribution in [0.5, 0.6) is 0 Å². The number of aryl methyl sites for hydroxylation is 1. The lowest BCUT2D eigenvalue weighted by atomic mass is 10.2. The Morgan fingerprint density at radius 1 is 1.27 bits per heavy atom. The van der Waals surface area contributed by atoms with Crippen LogP contribution in [-0.2, 0) is 4.74 Å². The molecule has 22 heavy (non-hydrogen) atoms. The molecule has 1 amide bonds. The first-order valence-corrected chi connectivity index (χ1v) is 7.88. The van der Waals surface area contributed by atoms with Crippen LogP contribution in [0.25, 0.3) is 0 Å². The summed E-state index contributed by atoms with van der Waals surface area (Å²) < 4.78 is 7.21. The number of hydrogen-bond donors (Lipinski definition) is 2. The van der Waals surface area contributed by atoms with Crippen LogP contribution in [0.4, 0.5) is 10.5 Å². The minimum absolute atomic E-state index is 0.350. The van der Waals surface area contributed by atoms with E-state index < -0.39 is 5.60 Å². The summed E-state index contributed by atoms with van der Waals surface area (Å²) in [5.41, 5.74) is 2.78. The minimum Gasteiger partial charge on any atom is -0.444 e. The lowest BCUT2D eigenvalue weighted by Gasteiger charge is -2.19. The topological polar surface area (TPSA) is 68.2 Å². The molecule has 0 fully saturated rings. The second-order valence-electron chi connectivity index (χ2n) is 6.79. The van der Waals surface area contributed by atoms with E-state index in [0.29, 0.717) is 12.6 Å². The highest BCUT2D eigenvalue weighted by molar-refractivity contribution is 5.67. The van der Waals surface area contributed by atoms with Crippen LogP contribution in [0.3, 0.4) is 0 Å². The van der Waals surface area contributed by atoms with Crippen molar-refractivity contribution in [2.75, 3.05) is 18.4 Å². The van der Waals surface area contributed by atoms with Crippen molar-refractivity contribution in [3.05, 3.63) is 11.4 Å². The number of alkyl carbamates (subject to hydrolysis) is 1. The molecule has 1 aromatic heterocycles. The molecule has 0 saturated heterocycles. The zero-order chi connectivity index (χ0) is 16.9. The van der Waals surface area contributed by atoms with Crippen LogP contribution < -0.4 is 10.6 Å². The van der Waals surface area contributed by atoms with Gasteiger partial charge >= 0.3 is 6.09 Å². The van der Waals surface area contributed by atoms with E-state index in [0.717, 1.165) is 30.0 Å².